The monoisotopic (exact) mass is 434 g/mol. The molecule has 0 aromatic heterocycles. The Morgan fingerprint density at radius 2 is 1.71 bits per heavy atom. The van der Waals surface area contributed by atoms with Crippen LogP contribution in [0, 0.1) is 0 Å². The minimum Gasteiger partial charge on any atom is -0.144 e. The summed E-state index contributed by atoms with van der Waals surface area (Å²) >= 11 is 4.48. The molecule has 0 nitrogen and oxygen atoms in total. The fourth-order valence-corrected chi connectivity index (χ4v) is 21.3. The maximum atomic E-state index is 2.67. The van der Waals surface area contributed by atoms with Gasteiger partial charge in [0.1, 0.15) is 0 Å². The van der Waals surface area contributed by atoms with Gasteiger partial charge < -0.3 is 0 Å². The second-order valence-corrected chi connectivity index (χ2v) is 19.0. The average molecular weight is 435 g/mol. The van der Waals surface area contributed by atoms with E-state index in [-0.39, 0.29) is 7.92 Å². The van der Waals surface area contributed by atoms with Gasteiger partial charge in [-0.05, 0) is 35.7 Å². The van der Waals surface area contributed by atoms with Crippen molar-refractivity contribution in [3.05, 3.63) is 95.4 Å². The van der Waals surface area contributed by atoms with Gasteiger partial charge >= 0.3 is 0 Å². The summed E-state index contributed by atoms with van der Waals surface area (Å²) in [5.41, 5.74) is 3.95. The molecule has 5 unspecified atom stereocenters. The van der Waals surface area contributed by atoms with Gasteiger partial charge in [0.25, 0.3) is 0 Å². The predicted molar refractivity (Wildman–Crippen MR) is 130 cm³/mol. The van der Waals surface area contributed by atoms with Gasteiger partial charge in [-0.2, -0.15) is 0 Å². The Bertz CT molecular complexity index is 1040. The fourth-order valence-electron chi connectivity index (χ4n) is 5.25. The largest absolute Gasteiger partial charge is 0.144 e. The minimum absolute atomic E-state index is 0.349. The quantitative estimate of drug-likeness (QED) is 0.363. The van der Waals surface area contributed by atoms with Gasteiger partial charge in [-0.25, -0.2) is 0 Å². The molecule has 0 spiro atoms. The summed E-state index contributed by atoms with van der Waals surface area (Å²) in [6, 6.07) is 20.7. The van der Waals surface area contributed by atoms with E-state index < -0.39 is 8.07 Å². The molecule has 2 aromatic carbocycles. The first-order chi connectivity index (χ1) is 13.7. The highest BCUT2D eigenvalue weighted by molar-refractivity contribution is 8.06. The number of hydrogen-bond acceptors (Lipinski definition) is 2. The summed E-state index contributed by atoms with van der Waals surface area (Å²) in [6.45, 7) is 5.34. The van der Waals surface area contributed by atoms with Crippen LogP contribution in [0.4, 0.5) is 0 Å². The van der Waals surface area contributed by atoms with Crippen molar-refractivity contribution in [1.29, 1.82) is 0 Å². The lowest BCUT2D eigenvalue weighted by Crippen LogP contribution is -2.54. The zero-order chi connectivity index (χ0) is 18.9. The van der Waals surface area contributed by atoms with Crippen LogP contribution in [0.3, 0.4) is 0 Å². The maximum Gasteiger partial charge on any atom is 0.0830 e. The van der Waals surface area contributed by atoms with Gasteiger partial charge in [-0.3, -0.25) is 0 Å². The first-order valence-corrected chi connectivity index (χ1v) is 16.4. The van der Waals surface area contributed by atoms with E-state index in [1.165, 1.54) is 0 Å². The highest BCUT2D eigenvalue weighted by atomic mass is 32.2. The minimum atomic E-state index is -1.49. The zero-order valence-electron chi connectivity index (χ0n) is 16.1. The van der Waals surface area contributed by atoms with Crippen LogP contribution < -0.4 is 5.30 Å². The third-order valence-corrected chi connectivity index (χ3v) is 20.7. The fraction of sp³-hybridized carbons (Fsp3) is 0.250. The number of thioether (sulfide) groups is 2. The smallest absolute Gasteiger partial charge is 0.0830 e. The highest BCUT2D eigenvalue weighted by Gasteiger charge is 2.60. The van der Waals surface area contributed by atoms with Crippen molar-refractivity contribution in [2.24, 2.45) is 0 Å². The van der Waals surface area contributed by atoms with Crippen LogP contribution in [0.15, 0.2) is 94.7 Å². The standard InChI is InChI=1S/C24H23PS2Si/c1-28(2)23-21(17-12-6-8-14-19(17)26-23)25(16-10-4-3-5-11-16)22-18-13-7-9-15-20(18)27-24(22)28/h3-15,19,22-24H,1-2H3. The summed E-state index contributed by atoms with van der Waals surface area (Å²) in [5.74, 6) is 0. The second-order valence-electron chi connectivity index (χ2n) is 8.57. The van der Waals surface area contributed by atoms with E-state index in [0.717, 1.165) is 9.75 Å². The van der Waals surface area contributed by atoms with Crippen molar-refractivity contribution in [1.82, 2.24) is 0 Å². The van der Waals surface area contributed by atoms with Gasteiger partial charge in [-0.15, -0.1) is 23.5 Å². The van der Waals surface area contributed by atoms with Crippen LogP contribution in [0.5, 0.6) is 0 Å². The number of benzene rings is 2. The zero-order valence-corrected chi connectivity index (χ0v) is 19.6. The molecule has 4 heteroatoms. The van der Waals surface area contributed by atoms with E-state index >= 15 is 0 Å². The molecule has 1 aliphatic carbocycles. The van der Waals surface area contributed by atoms with Crippen LogP contribution in [0.25, 0.3) is 0 Å². The van der Waals surface area contributed by atoms with Crippen molar-refractivity contribution in [2.75, 3.05) is 0 Å². The highest BCUT2D eigenvalue weighted by Crippen LogP contribution is 2.75. The lowest BCUT2D eigenvalue weighted by molar-refractivity contribution is 0.985. The SMILES string of the molecule is C[Si]1(C)C2SC3C=CC=CC3=C2P(c2ccccc2)C2c3ccccc3SC21. The number of hydrogen-bond donors (Lipinski definition) is 0. The van der Waals surface area contributed by atoms with E-state index in [4.69, 9.17) is 0 Å². The molecule has 1 saturated heterocycles. The van der Waals surface area contributed by atoms with Crippen molar-refractivity contribution in [2.45, 2.75) is 38.6 Å². The Balaban J connectivity index is 1.63. The molecule has 4 aliphatic rings. The van der Waals surface area contributed by atoms with Gasteiger partial charge in [0.2, 0.25) is 0 Å². The van der Waals surface area contributed by atoms with E-state index in [9.17, 15) is 0 Å². The molecule has 5 atom stereocenters. The van der Waals surface area contributed by atoms with Crippen molar-refractivity contribution in [3.63, 3.8) is 0 Å². The molecule has 28 heavy (non-hydrogen) atoms. The van der Waals surface area contributed by atoms with E-state index in [1.54, 1.807) is 21.3 Å². The van der Waals surface area contributed by atoms with Gasteiger partial charge in [0.15, 0.2) is 0 Å². The molecular formula is C24H23PS2Si. The summed E-state index contributed by atoms with van der Waals surface area (Å²) in [5, 5.41) is 3.97. The molecule has 0 radical (unpaired) electrons. The number of fused-ring (bicyclic) bond motifs is 5. The molecule has 3 aliphatic heterocycles. The molecule has 0 amide bonds. The topological polar surface area (TPSA) is 0 Å². The van der Waals surface area contributed by atoms with Gasteiger partial charge in [0, 0.05) is 25.6 Å². The van der Waals surface area contributed by atoms with E-state index in [1.807, 2.05) is 5.31 Å². The maximum absolute atomic E-state index is 2.67. The second kappa shape index (κ2) is 6.50. The lowest BCUT2D eigenvalue weighted by Gasteiger charge is -2.49. The predicted octanol–water partition coefficient (Wildman–Crippen LogP) is 6.67. The molecule has 0 bridgehead atoms. The van der Waals surface area contributed by atoms with Crippen LogP contribution in [-0.4, -0.2) is 23.1 Å². The summed E-state index contributed by atoms with van der Waals surface area (Å²) in [6.07, 6.45) is 9.39. The molecule has 140 valence electrons. The third kappa shape index (κ3) is 2.43. The summed E-state index contributed by atoms with van der Waals surface area (Å²) < 4.78 is 0. The molecule has 0 saturated carbocycles. The summed E-state index contributed by atoms with van der Waals surface area (Å²) in [7, 11) is -1.84. The van der Waals surface area contributed by atoms with Crippen LogP contribution >= 0.6 is 31.4 Å². The molecule has 1 fully saturated rings. The first kappa shape index (κ1) is 17.8. The molecular weight excluding hydrogens is 411 g/mol. The molecule has 2 aromatic rings. The van der Waals surface area contributed by atoms with Crippen LogP contribution in [0.2, 0.25) is 13.1 Å². The van der Waals surface area contributed by atoms with Crippen molar-refractivity contribution in [3.8, 4) is 0 Å². The summed E-state index contributed by atoms with van der Waals surface area (Å²) in [4.78, 5) is 3.08. The first-order valence-electron chi connectivity index (χ1n) is 10.0. The van der Waals surface area contributed by atoms with Crippen LogP contribution in [-0.2, 0) is 0 Å². The number of allylic oxidation sites excluding steroid dienone is 3. The Kier molecular flexibility index (Phi) is 4.14. The lowest BCUT2D eigenvalue weighted by atomic mass is 10.1. The Hall–Kier alpha value is -0.993. The normalized spacial score (nSPS) is 34.0. The van der Waals surface area contributed by atoms with Gasteiger partial charge in [-0.1, -0.05) is 85.9 Å². The molecule has 3 heterocycles. The van der Waals surface area contributed by atoms with Gasteiger partial charge in [0.05, 0.1) is 8.07 Å². The van der Waals surface area contributed by atoms with Crippen LogP contribution in [0.1, 0.15) is 11.2 Å². The molecule has 0 N–H and O–H groups in total. The Morgan fingerprint density at radius 1 is 0.929 bits per heavy atom. The number of rotatable bonds is 1. The Morgan fingerprint density at radius 3 is 2.57 bits per heavy atom. The van der Waals surface area contributed by atoms with E-state index in [2.05, 4.69) is 116 Å². The Labute approximate surface area is 178 Å². The average Bonchev–Trinajstić information content (AvgIpc) is 3.30. The molecule has 6 rings (SSSR count). The van der Waals surface area contributed by atoms with Crippen molar-refractivity contribution < 1.29 is 0 Å². The third-order valence-electron chi connectivity index (χ3n) is 6.57. The van der Waals surface area contributed by atoms with E-state index in [0.29, 0.717) is 10.9 Å². The van der Waals surface area contributed by atoms with Crippen molar-refractivity contribution >= 4 is 44.8 Å².